The number of halogens is 1. The van der Waals surface area contributed by atoms with Gasteiger partial charge in [0, 0.05) is 28.5 Å². The van der Waals surface area contributed by atoms with Crippen LogP contribution >= 0.6 is 11.6 Å². The first-order valence-corrected chi connectivity index (χ1v) is 6.33. The van der Waals surface area contributed by atoms with Crippen LogP contribution in [0.25, 0.3) is 0 Å². The Bertz CT molecular complexity index is 605. The second-order valence-electron chi connectivity index (χ2n) is 4.17. The molecule has 0 spiro atoms. The lowest BCUT2D eigenvalue weighted by atomic mass is 10.1. The van der Waals surface area contributed by atoms with E-state index in [4.69, 9.17) is 11.6 Å². The average Bonchev–Trinajstić information content (AvgIpc) is 2.43. The maximum absolute atomic E-state index is 11.8. The van der Waals surface area contributed by atoms with Crippen molar-refractivity contribution in [1.82, 2.24) is 0 Å². The third kappa shape index (κ3) is 3.70. The minimum atomic E-state index is -0.0345. The lowest BCUT2D eigenvalue weighted by molar-refractivity contribution is 0.104. The predicted molar refractivity (Wildman–Crippen MR) is 79.7 cm³/mol. The molecule has 2 aromatic carbocycles. The van der Waals surface area contributed by atoms with Gasteiger partial charge in [0.1, 0.15) is 0 Å². The Morgan fingerprint density at radius 1 is 1.16 bits per heavy atom. The van der Waals surface area contributed by atoms with E-state index >= 15 is 0 Å². The molecule has 1 N–H and O–H groups in total. The standard InChI is InChI=1S/C16H14ClNO/c1-12-7-8-14(17)11-15(12)18-10-9-16(19)13-5-3-2-4-6-13/h2-11,18H,1H3/b10-9-. The summed E-state index contributed by atoms with van der Waals surface area (Å²) >= 11 is 5.92. The molecule has 2 rings (SSSR count). The molecule has 0 amide bonds. The monoisotopic (exact) mass is 271 g/mol. The van der Waals surface area contributed by atoms with Gasteiger partial charge < -0.3 is 5.32 Å². The normalized spacial score (nSPS) is 10.6. The molecule has 0 saturated carbocycles. The molecule has 3 heteroatoms. The van der Waals surface area contributed by atoms with Crippen molar-refractivity contribution in [1.29, 1.82) is 0 Å². The van der Waals surface area contributed by atoms with Crippen molar-refractivity contribution in [3.05, 3.63) is 77.0 Å². The number of allylic oxidation sites excluding steroid dienone is 1. The zero-order chi connectivity index (χ0) is 13.7. The van der Waals surface area contributed by atoms with E-state index in [9.17, 15) is 4.79 Å². The number of aryl methyl sites for hydroxylation is 1. The number of rotatable bonds is 4. The number of nitrogens with one attached hydrogen (secondary N) is 1. The molecular weight excluding hydrogens is 258 g/mol. The van der Waals surface area contributed by atoms with Crippen LogP contribution in [-0.4, -0.2) is 5.78 Å². The van der Waals surface area contributed by atoms with E-state index in [1.165, 1.54) is 6.08 Å². The summed E-state index contributed by atoms with van der Waals surface area (Å²) in [6, 6.07) is 14.7. The molecule has 0 aliphatic rings. The summed E-state index contributed by atoms with van der Waals surface area (Å²) in [5, 5.41) is 3.73. The summed E-state index contributed by atoms with van der Waals surface area (Å²) in [6.07, 6.45) is 3.14. The van der Waals surface area contributed by atoms with E-state index < -0.39 is 0 Å². The second-order valence-corrected chi connectivity index (χ2v) is 4.60. The molecule has 0 radical (unpaired) electrons. The molecule has 0 aliphatic carbocycles. The van der Waals surface area contributed by atoms with Crippen molar-refractivity contribution in [2.24, 2.45) is 0 Å². The maximum Gasteiger partial charge on any atom is 0.187 e. The van der Waals surface area contributed by atoms with Crippen LogP contribution in [-0.2, 0) is 0 Å². The third-order valence-corrected chi connectivity index (χ3v) is 2.97. The summed E-state index contributed by atoms with van der Waals surface area (Å²) in [6.45, 7) is 1.98. The fourth-order valence-corrected chi connectivity index (χ4v) is 1.83. The molecule has 2 aromatic rings. The van der Waals surface area contributed by atoms with E-state index in [1.54, 1.807) is 18.3 Å². The zero-order valence-electron chi connectivity index (χ0n) is 10.6. The van der Waals surface area contributed by atoms with Crippen LogP contribution in [0.4, 0.5) is 5.69 Å². The van der Waals surface area contributed by atoms with Gasteiger partial charge in [0.15, 0.2) is 5.78 Å². The van der Waals surface area contributed by atoms with Crippen LogP contribution in [0.15, 0.2) is 60.8 Å². The SMILES string of the molecule is Cc1ccc(Cl)cc1N/C=C\C(=O)c1ccccc1. The van der Waals surface area contributed by atoms with Crippen LogP contribution in [0.3, 0.4) is 0 Å². The van der Waals surface area contributed by atoms with Gasteiger partial charge in [-0.15, -0.1) is 0 Å². The highest BCUT2D eigenvalue weighted by molar-refractivity contribution is 6.30. The number of ketones is 1. The van der Waals surface area contributed by atoms with Crippen LogP contribution in [0, 0.1) is 6.92 Å². The lowest BCUT2D eigenvalue weighted by Gasteiger charge is -2.05. The molecule has 2 nitrogen and oxygen atoms in total. The summed E-state index contributed by atoms with van der Waals surface area (Å²) in [5.74, 6) is -0.0345. The van der Waals surface area contributed by atoms with Gasteiger partial charge >= 0.3 is 0 Å². The van der Waals surface area contributed by atoms with Gasteiger partial charge in [-0.2, -0.15) is 0 Å². The van der Waals surface area contributed by atoms with Gasteiger partial charge in [-0.1, -0.05) is 48.0 Å². The average molecular weight is 272 g/mol. The fraction of sp³-hybridized carbons (Fsp3) is 0.0625. The maximum atomic E-state index is 11.8. The molecule has 0 atom stereocenters. The first-order chi connectivity index (χ1) is 9.16. The van der Waals surface area contributed by atoms with E-state index in [0.29, 0.717) is 10.6 Å². The van der Waals surface area contributed by atoms with Gasteiger partial charge in [0.2, 0.25) is 0 Å². The minimum absolute atomic E-state index is 0.0345. The second kappa shape index (κ2) is 6.21. The van der Waals surface area contributed by atoms with Gasteiger partial charge in [0.25, 0.3) is 0 Å². The van der Waals surface area contributed by atoms with Gasteiger partial charge in [-0.3, -0.25) is 4.79 Å². The first-order valence-electron chi connectivity index (χ1n) is 5.95. The molecule has 0 heterocycles. The Morgan fingerprint density at radius 2 is 1.89 bits per heavy atom. The Morgan fingerprint density at radius 3 is 2.63 bits per heavy atom. The molecule has 0 aliphatic heterocycles. The first kappa shape index (κ1) is 13.4. The Labute approximate surface area is 117 Å². The van der Waals surface area contributed by atoms with Crippen molar-refractivity contribution in [2.45, 2.75) is 6.92 Å². The van der Waals surface area contributed by atoms with Crippen molar-refractivity contribution in [2.75, 3.05) is 5.32 Å². The molecule has 0 bridgehead atoms. The molecular formula is C16H14ClNO. The van der Waals surface area contributed by atoms with Crippen molar-refractivity contribution >= 4 is 23.1 Å². The molecule has 0 saturated heterocycles. The molecule has 0 unspecified atom stereocenters. The number of anilines is 1. The van der Waals surface area contributed by atoms with E-state index in [2.05, 4.69) is 5.32 Å². The minimum Gasteiger partial charge on any atom is -0.361 e. The third-order valence-electron chi connectivity index (χ3n) is 2.73. The van der Waals surface area contributed by atoms with Crippen LogP contribution in [0.2, 0.25) is 5.02 Å². The van der Waals surface area contributed by atoms with Crippen molar-refractivity contribution in [3.63, 3.8) is 0 Å². The number of carbonyl (C=O) groups excluding carboxylic acids is 1. The van der Waals surface area contributed by atoms with E-state index in [-0.39, 0.29) is 5.78 Å². The topological polar surface area (TPSA) is 29.1 Å². The lowest BCUT2D eigenvalue weighted by Crippen LogP contribution is -1.96. The highest BCUT2D eigenvalue weighted by atomic mass is 35.5. The summed E-state index contributed by atoms with van der Waals surface area (Å²) in [4.78, 5) is 11.8. The van der Waals surface area contributed by atoms with Crippen molar-refractivity contribution in [3.8, 4) is 0 Å². The molecule has 0 fully saturated rings. The number of hydrogen-bond donors (Lipinski definition) is 1. The Hall–Kier alpha value is -2.06. The van der Waals surface area contributed by atoms with Gasteiger partial charge in [-0.25, -0.2) is 0 Å². The highest BCUT2D eigenvalue weighted by Crippen LogP contribution is 2.20. The predicted octanol–water partition coefficient (Wildman–Crippen LogP) is 4.46. The molecule has 96 valence electrons. The van der Waals surface area contributed by atoms with Crippen LogP contribution in [0.1, 0.15) is 15.9 Å². The highest BCUT2D eigenvalue weighted by Gasteiger charge is 2.00. The largest absolute Gasteiger partial charge is 0.361 e. The van der Waals surface area contributed by atoms with Gasteiger partial charge in [-0.05, 0) is 24.6 Å². The van der Waals surface area contributed by atoms with Crippen LogP contribution < -0.4 is 5.32 Å². The Kier molecular flexibility index (Phi) is 4.37. The van der Waals surface area contributed by atoms with Crippen LogP contribution in [0.5, 0.6) is 0 Å². The summed E-state index contributed by atoms with van der Waals surface area (Å²) in [7, 11) is 0. The number of benzene rings is 2. The molecule has 0 aromatic heterocycles. The van der Waals surface area contributed by atoms with Gasteiger partial charge in [0.05, 0.1) is 0 Å². The van der Waals surface area contributed by atoms with E-state index in [1.807, 2.05) is 43.3 Å². The number of carbonyl (C=O) groups is 1. The zero-order valence-corrected chi connectivity index (χ0v) is 11.3. The summed E-state index contributed by atoms with van der Waals surface area (Å²) < 4.78 is 0. The quantitative estimate of drug-likeness (QED) is 0.657. The smallest absolute Gasteiger partial charge is 0.187 e. The Balaban J connectivity index is 2.04. The fourth-order valence-electron chi connectivity index (χ4n) is 1.66. The number of hydrogen-bond acceptors (Lipinski definition) is 2. The summed E-state index contributed by atoms with van der Waals surface area (Å²) in [5.41, 5.74) is 2.63. The van der Waals surface area contributed by atoms with E-state index in [0.717, 1.165) is 11.3 Å². The molecule has 19 heavy (non-hydrogen) atoms. The van der Waals surface area contributed by atoms with Crippen molar-refractivity contribution < 1.29 is 4.79 Å².